The molecule has 0 atom stereocenters. The van der Waals surface area contributed by atoms with Crippen molar-refractivity contribution in [1.82, 2.24) is 9.78 Å². The van der Waals surface area contributed by atoms with Gasteiger partial charge in [0.15, 0.2) is 0 Å². The van der Waals surface area contributed by atoms with E-state index in [4.69, 9.17) is 4.99 Å². The van der Waals surface area contributed by atoms with E-state index in [-0.39, 0.29) is 5.82 Å². The molecule has 2 heterocycles. The second kappa shape index (κ2) is 5.49. The van der Waals surface area contributed by atoms with E-state index < -0.39 is 11.0 Å². The standard InChI is InChI=1S/C21H21BrFN3/c1-20(2)16-12(8-7-11-15(16)23)18(24-21(20,3)4)19-13-9-6-10-14(22)17(13)25-26(19)5/h6-11H,1-5H3. The van der Waals surface area contributed by atoms with Crippen molar-refractivity contribution in [2.75, 3.05) is 0 Å². The van der Waals surface area contributed by atoms with Crippen molar-refractivity contribution in [2.45, 2.75) is 38.6 Å². The molecule has 0 spiro atoms. The van der Waals surface area contributed by atoms with Crippen LogP contribution in [-0.4, -0.2) is 21.0 Å². The van der Waals surface area contributed by atoms with Gasteiger partial charge in [0.25, 0.3) is 0 Å². The average Bonchev–Trinajstić information content (AvgIpc) is 2.88. The van der Waals surface area contributed by atoms with Gasteiger partial charge < -0.3 is 0 Å². The van der Waals surface area contributed by atoms with Crippen LogP contribution in [0.3, 0.4) is 0 Å². The van der Waals surface area contributed by atoms with Crippen LogP contribution in [0, 0.1) is 5.82 Å². The molecule has 1 aliphatic rings. The highest BCUT2D eigenvalue weighted by Crippen LogP contribution is 2.45. The summed E-state index contributed by atoms with van der Waals surface area (Å²) in [5.41, 5.74) is 3.28. The molecular formula is C21H21BrFN3. The van der Waals surface area contributed by atoms with Crippen molar-refractivity contribution in [3.05, 3.63) is 63.5 Å². The van der Waals surface area contributed by atoms with Crippen molar-refractivity contribution in [2.24, 2.45) is 12.0 Å². The first-order chi connectivity index (χ1) is 12.1. The zero-order valence-corrected chi connectivity index (χ0v) is 17.1. The van der Waals surface area contributed by atoms with E-state index >= 15 is 0 Å². The van der Waals surface area contributed by atoms with E-state index in [1.807, 2.05) is 36.0 Å². The highest BCUT2D eigenvalue weighted by atomic mass is 79.9. The topological polar surface area (TPSA) is 30.2 Å². The highest BCUT2D eigenvalue weighted by molar-refractivity contribution is 9.10. The van der Waals surface area contributed by atoms with Crippen LogP contribution in [-0.2, 0) is 12.5 Å². The number of rotatable bonds is 1. The van der Waals surface area contributed by atoms with Crippen molar-refractivity contribution < 1.29 is 4.39 Å². The van der Waals surface area contributed by atoms with Crippen molar-refractivity contribution in [3.8, 4) is 0 Å². The zero-order valence-electron chi connectivity index (χ0n) is 15.6. The van der Waals surface area contributed by atoms with E-state index in [9.17, 15) is 4.39 Å². The molecule has 0 aliphatic carbocycles. The third-order valence-electron chi connectivity index (χ3n) is 5.85. The molecule has 5 heteroatoms. The Kier molecular flexibility index (Phi) is 3.68. The summed E-state index contributed by atoms with van der Waals surface area (Å²) >= 11 is 3.58. The van der Waals surface area contributed by atoms with Crippen LogP contribution in [0.25, 0.3) is 10.9 Å². The Balaban J connectivity index is 2.11. The minimum Gasteiger partial charge on any atom is -0.275 e. The van der Waals surface area contributed by atoms with Crippen LogP contribution in [0.1, 0.15) is 44.5 Å². The Morgan fingerprint density at radius 1 is 1.04 bits per heavy atom. The summed E-state index contributed by atoms with van der Waals surface area (Å²) in [6.45, 7) is 8.26. The second-order valence-corrected chi connectivity index (χ2v) is 8.77. The lowest BCUT2D eigenvalue weighted by Gasteiger charge is -2.44. The predicted molar refractivity (Wildman–Crippen MR) is 108 cm³/mol. The lowest BCUT2D eigenvalue weighted by molar-refractivity contribution is 0.293. The predicted octanol–water partition coefficient (Wildman–Crippen LogP) is 5.38. The molecule has 0 amide bonds. The second-order valence-electron chi connectivity index (χ2n) is 7.92. The third-order valence-corrected chi connectivity index (χ3v) is 6.49. The van der Waals surface area contributed by atoms with Crippen LogP contribution in [0.2, 0.25) is 0 Å². The number of halogens is 2. The smallest absolute Gasteiger partial charge is 0.127 e. The van der Waals surface area contributed by atoms with Crippen LogP contribution in [0.15, 0.2) is 45.9 Å². The summed E-state index contributed by atoms with van der Waals surface area (Å²) in [6.07, 6.45) is 0. The maximum atomic E-state index is 14.9. The first-order valence-electron chi connectivity index (χ1n) is 8.66. The third kappa shape index (κ3) is 2.22. The summed E-state index contributed by atoms with van der Waals surface area (Å²) in [4.78, 5) is 5.11. The van der Waals surface area contributed by atoms with Gasteiger partial charge in [-0.05, 0) is 41.9 Å². The molecule has 0 radical (unpaired) electrons. The summed E-state index contributed by atoms with van der Waals surface area (Å²) in [5.74, 6) is -0.180. The maximum absolute atomic E-state index is 14.9. The van der Waals surface area contributed by atoms with E-state index in [1.165, 1.54) is 6.07 Å². The minimum absolute atomic E-state index is 0.180. The number of nitrogens with zero attached hydrogens (tertiary/aromatic N) is 3. The quantitative estimate of drug-likeness (QED) is 0.526. The molecule has 2 aromatic carbocycles. The molecular weight excluding hydrogens is 393 g/mol. The number of aryl methyl sites for hydroxylation is 1. The first kappa shape index (κ1) is 17.4. The molecule has 0 saturated heterocycles. The molecule has 26 heavy (non-hydrogen) atoms. The van der Waals surface area contributed by atoms with Gasteiger partial charge in [-0.3, -0.25) is 9.67 Å². The molecule has 0 bridgehead atoms. The molecule has 3 nitrogen and oxygen atoms in total. The van der Waals surface area contributed by atoms with E-state index in [2.05, 4.69) is 48.7 Å². The normalized spacial score (nSPS) is 17.9. The average molecular weight is 414 g/mol. The SMILES string of the molecule is Cn1nc2c(Br)cccc2c1C1=NC(C)(C)C(C)(C)c2c(F)cccc21. The number of hydrogen-bond acceptors (Lipinski definition) is 2. The molecule has 4 rings (SSSR count). The summed E-state index contributed by atoms with van der Waals surface area (Å²) in [5, 5.41) is 5.67. The molecule has 0 unspecified atom stereocenters. The summed E-state index contributed by atoms with van der Waals surface area (Å²) in [7, 11) is 1.91. The van der Waals surface area contributed by atoms with Crippen molar-refractivity contribution in [3.63, 3.8) is 0 Å². The van der Waals surface area contributed by atoms with Crippen LogP contribution in [0.5, 0.6) is 0 Å². The molecule has 1 aliphatic heterocycles. The van der Waals surface area contributed by atoms with E-state index in [0.717, 1.165) is 37.9 Å². The minimum atomic E-state index is -0.458. The summed E-state index contributed by atoms with van der Waals surface area (Å²) in [6, 6.07) is 11.3. The largest absolute Gasteiger partial charge is 0.275 e. The van der Waals surface area contributed by atoms with Gasteiger partial charge in [-0.1, -0.05) is 38.1 Å². The fourth-order valence-corrected chi connectivity index (χ4v) is 4.23. The number of benzene rings is 2. The van der Waals surface area contributed by atoms with E-state index in [1.54, 1.807) is 6.07 Å². The molecule has 0 saturated carbocycles. The Morgan fingerprint density at radius 3 is 2.46 bits per heavy atom. The van der Waals surface area contributed by atoms with Gasteiger partial charge in [0.2, 0.25) is 0 Å². The maximum Gasteiger partial charge on any atom is 0.127 e. The Labute approximate surface area is 161 Å². The fraction of sp³-hybridized carbons (Fsp3) is 0.333. The first-order valence-corrected chi connectivity index (χ1v) is 9.45. The fourth-order valence-electron chi connectivity index (χ4n) is 3.79. The van der Waals surface area contributed by atoms with Crippen molar-refractivity contribution >= 4 is 32.5 Å². The Bertz CT molecular complexity index is 1080. The summed E-state index contributed by atoms with van der Waals surface area (Å²) < 4.78 is 17.7. The van der Waals surface area contributed by atoms with Gasteiger partial charge in [-0.2, -0.15) is 5.10 Å². The van der Waals surface area contributed by atoms with Gasteiger partial charge in [0, 0.05) is 33.4 Å². The molecule has 0 N–H and O–H groups in total. The zero-order chi connectivity index (χ0) is 18.9. The lowest BCUT2D eigenvalue weighted by atomic mass is 9.65. The number of hydrogen-bond donors (Lipinski definition) is 0. The van der Waals surface area contributed by atoms with E-state index in [0.29, 0.717) is 0 Å². The van der Waals surface area contributed by atoms with Crippen molar-refractivity contribution in [1.29, 1.82) is 0 Å². The lowest BCUT2D eigenvalue weighted by Crippen LogP contribution is -2.47. The monoisotopic (exact) mass is 413 g/mol. The molecule has 134 valence electrons. The molecule has 1 aromatic heterocycles. The number of aliphatic imine (C=N–C) groups is 1. The van der Waals surface area contributed by atoms with Crippen LogP contribution >= 0.6 is 15.9 Å². The molecule has 0 fully saturated rings. The number of fused-ring (bicyclic) bond motifs is 2. The Morgan fingerprint density at radius 2 is 1.73 bits per heavy atom. The van der Waals surface area contributed by atoms with Crippen LogP contribution in [0.4, 0.5) is 4.39 Å². The van der Waals surface area contributed by atoms with Gasteiger partial charge in [-0.25, -0.2) is 4.39 Å². The Hall–Kier alpha value is -2.01. The van der Waals surface area contributed by atoms with Gasteiger partial charge in [-0.15, -0.1) is 0 Å². The molecule has 3 aromatic rings. The highest BCUT2D eigenvalue weighted by Gasteiger charge is 2.46. The van der Waals surface area contributed by atoms with Gasteiger partial charge >= 0.3 is 0 Å². The van der Waals surface area contributed by atoms with Gasteiger partial charge in [0.1, 0.15) is 11.3 Å². The van der Waals surface area contributed by atoms with Gasteiger partial charge in [0.05, 0.1) is 16.9 Å². The number of aromatic nitrogens is 2. The van der Waals surface area contributed by atoms with Crippen LogP contribution < -0.4 is 0 Å².